The molecule has 1 aliphatic heterocycles. The van der Waals surface area contributed by atoms with Gasteiger partial charge in [0.1, 0.15) is 12.0 Å². The fourth-order valence-corrected chi connectivity index (χ4v) is 2.18. The third kappa shape index (κ3) is 1.97. The second-order valence-electron chi connectivity index (χ2n) is 4.38. The molecule has 0 unspecified atom stereocenters. The van der Waals surface area contributed by atoms with Crippen molar-refractivity contribution in [2.24, 2.45) is 0 Å². The van der Waals surface area contributed by atoms with E-state index in [1.165, 1.54) is 12.1 Å². The first-order valence-corrected chi connectivity index (χ1v) is 5.77. The number of hydrogen-bond acceptors (Lipinski definition) is 2. The molecular formula is C12H13F2N3. The van der Waals surface area contributed by atoms with Gasteiger partial charge in [0.05, 0.1) is 11.0 Å². The number of aromatic nitrogens is 2. The summed E-state index contributed by atoms with van der Waals surface area (Å²) in [7, 11) is 0. The summed E-state index contributed by atoms with van der Waals surface area (Å²) < 4.78 is 26.1. The van der Waals surface area contributed by atoms with Crippen LogP contribution in [-0.2, 0) is 0 Å². The molecule has 0 radical (unpaired) electrons. The lowest BCUT2D eigenvalue weighted by molar-refractivity contribution is 0.276. The lowest BCUT2D eigenvalue weighted by atomic mass is 10.1. The molecule has 0 aliphatic carbocycles. The summed E-state index contributed by atoms with van der Waals surface area (Å²) in [5.41, 5.74) is 1.42. The predicted molar refractivity (Wildman–Crippen MR) is 62.4 cm³/mol. The number of imidazole rings is 1. The number of halogens is 2. The molecule has 1 saturated heterocycles. The number of benzene rings is 1. The van der Waals surface area contributed by atoms with Crippen molar-refractivity contribution >= 4 is 17.0 Å². The molecule has 0 atom stereocenters. The van der Waals surface area contributed by atoms with E-state index in [1.807, 2.05) is 4.90 Å². The highest BCUT2D eigenvalue weighted by Crippen LogP contribution is 2.22. The Morgan fingerprint density at radius 2 is 2.06 bits per heavy atom. The van der Waals surface area contributed by atoms with E-state index >= 15 is 0 Å². The summed E-state index contributed by atoms with van der Waals surface area (Å²) in [6, 6.07) is 4.46. The van der Waals surface area contributed by atoms with E-state index < -0.39 is 6.17 Å². The number of anilines is 1. The Labute approximate surface area is 97.5 Å². The number of nitrogens with one attached hydrogen (secondary N) is 1. The summed E-state index contributed by atoms with van der Waals surface area (Å²) in [6.45, 7) is 1.31. The molecule has 1 aromatic heterocycles. The lowest BCUT2D eigenvalue weighted by Crippen LogP contribution is -2.34. The summed E-state index contributed by atoms with van der Waals surface area (Å²) in [6.07, 6.45) is 0.365. The molecule has 1 fully saturated rings. The minimum absolute atomic E-state index is 0.282. The number of rotatable bonds is 1. The number of nitrogens with zero attached hydrogens (tertiary/aromatic N) is 2. The molecule has 3 rings (SSSR count). The Morgan fingerprint density at radius 1 is 1.29 bits per heavy atom. The zero-order chi connectivity index (χ0) is 11.8. The average Bonchev–Trinajstić information content (AvgIpc) is 2.72. The third-order valence-corrected chi connectivity index (χ3v) is 3.16. The molecule has 2 heterocycles. The SMILES string of the molecule is Fc1ccc2nc(N3CCC(F)CC3)[nH]c2c1. The monoisotopic (exact) mass is 237 g/mol. The van der Waals surface area contributed by atoms with Crippen LogP contribution in [0.4, 0.5) is 14.7 Å². The van der Waals surface area contributed by atoms with Crippen molar-refractivity contribution in [2.75, 3.05) is 18.0 Å². The van der Waals surface area contributed by atoms with E-state index in [4.69, 9.17) is 0 Å². The van der Waals surface area contributed by atoms with E-state index in [0.717, 1.165) is 5.52 Å². The van der Waals surface area contributed by atoms with Crippen LogP contribution in [0.3, 0.4) is 0 Å². The quantitative estimate of drug-likeness (QED) is 0.826. The van der Waals surface area contributed by atoms with Gasteiger partial charge in [0.2, 0.25) is 5.95 Å². The molecule has 5 heteroatoms. The van der Waals surface area contributed by atoms with Gasteiger partial charge in [-0.05, 0) is 31.0 Å². The van der Waals surface area contributed by atoms with Crippen LogP contribution in [-0.4, -0.2) is 29.2 Å². The van der Waals surface area contributed by atoms with Crippen molar-refractivity contribution in [2.45, 2.75) is 19.0 Å². The average molecular weight is 237 g/mol. The van der Waals surface area contributed by atoms with Crippen molar-refractivity contribution in [3.8, 4) is 0 Å². The Morgan fingerprint density at radius 3 is 2.82 bits per heavy atom. The van der Waals surface area contributed by atoms with Gasteiger partial charge in [-0.15, -0.1) is 0 Å². The lowest BCUT2D eigenvalue weighted by Gasteiger charge is -2.28. The van der Waals surface area contributed by atoms with Crippen LogP contribution in [0.2, 0.25) is 0 Å². The summed E-state index contributed by atoms with van der Waals surface area (Å²) >= 11 is 0. The van der Waals surface area contributed by atoms with Gasteiger partial charge >= 0.3 is 0 Å². The molecule has 2 aromatic rings. The zero-order valence-electron chi connectivity index (χ0n) is 9.29. The molecular weight excluding hydrogens is 224 g/mol. The predicted octanol–water partition coefficient (Wildman–Crippen LogP) is 2.64. The number of H-pyrrole nitrogens is 1. The van der Waals surface area contributed by atoms with Gasteiger partial charge in [-0.3, -0.25) is 0 Å². The molecule has 3 nitrogen and oxygen atoms in total. The first-order valence-electron chi connectivity index (χ1n) is 5.77. The Kier molecular flexibility index (Phi) is 2.46. The maximum absolute atomic E-state index is 13.0. The molecule has 0 spiro atoms. The molecule has 0 bridgehead atoms. The number of piperidine rings is 1. The molecule has 0 amide bonds. The minimum Gasteiger partial charge on any atom is -0.342 e. The van der Waals surface area contributed by atoms with Gasteiger partial charge in [0.25, 0.3) is 0 Å². The Bertz CT molecular complexity index is 530. The number of fused-ring (bicyclic) bond motifs is 1. The summed E-state index contributed by atoms with van der Waals surface area (Å²) in [5.74, 6) is 0.424. The maximum atomic E-state index is 13.0. The third-order valence-electron chi connectivity index (χ3n) is 3.16. The van der Waals surface area contributed by atoms with Gasteiger partial charge in [-0.25, -0.2) is 13.8 Å². The van der Waals surface area contributed by atoms with Crippen molar-refractivity contribution < 1.29 is 8.78 Å². The van der Waals surface area contributed by atoms with Gasteiger partial charge in [-0.1, -0.05) is 0 Å². The van der Waals surface area contributed by atoms with Crippen LogP contribution in [0.1, 0.15) is 12.8 Å². The summed E-state index contributed by atoms with van der Waals surface area (Å²) in [5, 5.41) is 0. The van der Waals surface area contributed by atoms with E-state index in [0.29, 0.717) is 37.4 Å². The highest BCUT2D eigenvalue weighted by atomic mass is 19.1. The molecule has 1 aliphatic rings. The van der Waals surface area contributed by atoms with Crippen molar-refractivity contribution in [1.82, 2.24) is 9.97 Å². The van der Waals surface area contributed by atoms with Crippen LogP contribution in [0.5, 0.6) is 0 Å². The van der Waals surface area contributed by atoms with Crippen LogP contribution >= 0.6 is 0 Å². The molecule has 0 saturated carbocycles. The fraction of sp³-hybridized carbons (Fsp3) is 0.417. The molecule has 90 valence electrons. The standard InChI is InChI=1S/C12H13F2N3/c13-8-3-5-17(6-4-8)12-15-10-2-1-9(14)7-11(10)16-12/h1-2,7-8H,3-6H2,(H,15,16). The second-order valence-corrected chi connectivity index (χ2v) is 4.38. The minimum atomic E-state index is -0.701. The first-order chi connectivity index (χ1) is 8.22. The Balaban J connectivity index is 1.90. The highest BCUT2D eigenvalue weighted by Gasteiger charge is 2.20. The smallest absolute Gasteiger partial charge is 0.203 e. The van der Waals surface area contributed by atoms with E-state index in [-0.39, 0.29) is 5.82 Å². The van der Waals surface area contributed by atoms with Crippen LogP contribution in [0, 0.1) is 5.82 Å². The summed E-state index contributed by atoms with van der Waals surface area (Å²) in [4.78, 5) is 9.47. The fourth-order valence-electron chi connectivity index (χ4n) is 2.18. The van der Waals surface area contributed by atoms with Gasteiger partial charge < -0.3 is 9.88 Å². The normalized spacial score (nSPS) is 17.9. The molecule has 17 heavy (non-hydrogen) atoms. The highest BCUT2D eigenvalue weighted by molar-refractivity contribution is 5.77. The van der Waals surface area contributed by atoms with Crippen molar-refractivity contribution in [3.63, 3.8) is 0 Å². The van der Waals surface area contributed by atoms with E-state index in [1.54, 1.807) is 6.07 Å². The molecule has 1 aromatic carbocycles. The maximum Gasteiger partial charge on any atom is 0.203 e. The topological polar surface area (TPSA) is 31.9 Å². The largest absolute Gasteiger partial charge is 0.342 e. The second kappa shape index (κ2) is 3.98. The van der Waals surface area contributed by atoms with Gasteiger partial charge in [-0.2, -0.15) is 0 Å². The van der Waals surface area contributed by atoms with E-state index in [9.17, 15) is 8.78 Å². The number of alkyl halides is 1. The number of aromatic amines is 1. The van der Waals surface area contributed by atoms with Crippen LogP contribution in [0.15, 0.2) is 18.2 Å². The number of hydrogen-bond donors (Lipinski definition) is 1. The Hall–Kier alpha value is -1.65. The van der Waals surface area contributed by atoms with E-state index in [2.05, 4.69) is 9.97 Å². The first kappa shape index (κ1) is 10.5. The van der Waals surface area contributed by atoms with Crippen LogP contribution < -0.4 is 4.90 Å². The van der Waals surface area contributed by atoms with Gasteiger partial charge in [0.15, 0.2) is 0 Å². The van der Waals surface area contributed by atoms with Gasteiger partial charge in [0, 0.05) is 13.1 Å². The molecule has 1 N–H and O–H groups in total. The van der Waals surface area contributed by atoms with Crippen molar-refractivity contribution in [1.29, 1.82) is 0 Å². The van der Waals surface area contributed by atoms with Crippen LogP contribution in [0.25, 0.3) is 11.0 Å². The zero-order valence-corrected chi connectivity index (χ0v) is 9.29. The van der Waals surface area contributed by atoms with Crippen molar-refractivity contribution in [3.05, 3.63) is 24.0 Å².